The average molecular weight is 262 g/mol. The zero-order chi connectivity index (χ0) is 13.7. The van der Waals surface area contributed by atoms with Crippen molar-refractivity contribution in [3.05, 3.63) is 0 Å². The molecule has 3 nitrogen and oxygen atoms in total. The third-order valence-corrected chi connectivity index (χ3v) is 6.63. The molecule has 0 aromatic rings. The summed E-state index contributed by atoms with van der Waals surface area (Å²) in [5.74, 6) is 2.88. The topological polar surface area (TPSA) is 43.4 Å². The van der Waals surface area contributed by atoms with Crippen LogP contribution >= 0.6 is 0 Å². The standard InChI is InChI=1S/C16H22O3/c1-7(17)19-14-12-8(5-15(14,2)3)10-11-9(18)6-16(12,4)13(10)11/h8,10-14H,5-6H2,1-4H3/t8-,10?,11?,12+,13+,14-,16+/m1/s1. The van der Waals surface area contributed by atoms with E-state index in [-0.39, 0.29) is 22.9 Å². The van der Waals surface area contributed by atoms with Gasteiger partial charge in [-0.25, -0.2) is 0 Å². The van der Waals surface area contributed by atoms with Crippen molar-refractivity contribution >= 4 is 11.8 Å². The molecule has 4 aliphatic rings. The minimum atomic E-state index is -0.177. The Morgan fingerprint density at radius 1 is 1.26 bits per heavy atom. The van der Waals surface area contributed by atoms with Gasteiger partial charge in [0.15, 0.2) is 0 Å². The molecule has 0 aliphatic heterocycles. The minimum Gasteiger partial charge on any atom is -0.462 e. The van der Waals surface area contributed by atoms with Gasteiger partial charge in [0, 0.05) is 30.6 Å². The van der Waals surface area contributed by atoms with E-state index in [1.165, 1.54) is 6.92 Å². The number of hydrogen-bond donors (Lipinski definition) is 0. The quantitative estimate of drug-likeness (QED) is 0.682. The van der Waals surface area contributed by atoms with Crippen LogP contribution in [0.4, 0.5) is 0 Å². The monoisotopic (exact) mass is 262 g/mol. The van der Waals surface area contributed by atoms with Crippen LogP contribution in [0.5, 0.6) is 0 Å². The smallest absolute Gasteiger partial charge is 0.302 e. The highest BCUT2D eigenvalue weighted by molar-refractivity contribution is 5.89. The van der Waals surface area contributed by atoms with Crippen LogP contribution in [0.1, 0.15) is 40.5 Å². The second-order valence-electron chi connectivity index (χ2n) is 8.19. The van der Waals surface area contributed by atoms with Gasteiger partial charge in [-0.15, -0.1) is 0 Å². The zero-order valence-electron chi connectivity index (χ0n) is 12.1. The SMILES string of the molecule is CC(=O)O[C@@H]1[C@@H]2[C@H](CC1(C)C)C1C3C(=O)C[C@]2(C)[C@H]31. The van der Waals surface area contributed by atoms with Crippen LogP contribution in [0.15, 0.2) is 0 Å². The van der Waals surface area contributed by atoms with Gasteiger partial charge in [-0.1, -0.05) is 20.8 Å². The van der Waals surface area contributed by atoms with E-state index in [0.29, 0.717) is 41.8 Å². The number of fused-ring (bicyclic) bond motifs is 4. The Morgan fingerprint density at radius 2 is 1.95 bits per heavy atom. The van der Waals surface area contributed by atoms with Crippen LogP contribution in [0.2, 0.25) is 0 Å². The van der Waals surface area contributed by atoms with Crippen LogP contribution in [0.3, 0.4) is 0 Å². The van der Waals surface area contributed by atoms with E-state index in [1.54, 1.807) is 0 Å². The zero-order valence-corrected chi connectivity index (χ0v) is 12.1. The minimum absolute atomic E-state index is 0.000602. The van der Waals surface area contributed by atoms with Crippen LogP contribution in [-0.4, -0.2) is 17.9 Å². The summed E-state index contributed by atoms with van der Waals surface area (Å²) in [4.78, 5) is 23.5. The highest BCUT2D eigenvalue weighted by Crippen LogP contribution is 2.81. The molecule has 4 rings (SSSR count). The Morgan fingerprint density at radius 3 is 2.58 bits per heavy atom. The van der Waals surface area contributed by atoms with Crippen molar-refractivity contribution in [3.63, 3.8) is 0 Å². The summed E-state index contributed by atoms with van der Waals surface area (Å²) in [5.41, 5.74) is 0.158. The summed E-state index contributed by atoms with van der Waals surface area (Å²) in [6.07, 6.45) is 1.82. The van der Waals surface area contributed by atoms with Crippen molar-refractivity contribution in [2.75, 3.05) is 0 Å². The van der Waals surface area contributed by atoms with Crippen molar-refractivity contribution in [3.8, 4) is 0 Å². The number of Topliss-reactive ketones (excluding diaryl/α,β-unsaturated/α-hetero) is 1. The van der Waals surface area contributed by atoms with Gasteiger partial charge in [0.05, 0.1) is 0 Å². The predicted molar refractivity (Wildman–Crippen MR) is 69.1 cm³/mol. The molecule has 4 fully saturated rings. The lowest BCUT2D eigenvalue weighted by atomic mass is 9.71. The van der Waals surface area contributed by atoms with Crippen molar-refractivity contribution in [1.29, 1.82) is 0 Å². The van der Waals surface area contributed by atoms with Gasteiger partial charge in [0.1, 0.15) is 11.9 Å². The third kappa shape index (κ3) is 1.20. The van der Waals surface area contributed by atoms with E-state index in [0.717, 1.165) is 6.42 Å². The molecule has 3 heteroatoms. The third-order valence-electron chi connectivity index (χ3n) is 6.63. The molecule has 0 radical (unpaired) electrons. The molecule has 7 atom stereocenters. The summed E-state index contributed by atoms with van der Waals surface area (Å²) in [6.45, 7) is 8.21. The number of hydrogen-bond acceptors (Lipinski definition) is 3. The van der Waals surface area contributed by atoms with Gasteiger partial charge in [-0.3, -0.25) is 9.59 Å². The van der Waals surface area contributed by atoms with Gasteiger partial charge in [-0.2, -0.15) is 0 Å². The fraction of sp³-hybridized carbons (Fsp3) is 0.875. The lowest BCUT2D eigenvalue weighted by Gasteiger charge is -2.38. The summed E-state index contributed by atoms with van der Waals surface area (Å²) in [5, 5.41) is 0. The highest BCUT2D eigenvalue weighted by atomic mass is 16.5. The molecular weight excluding hydrogens is 240 g/mol. The summed E-state index contributed by atoms with van der Waals surface area (Å²) >= 11 is 0. The molecule has 0 amide bonds. The maximum atomic E-state index is 12.1. The van der Waals surface area contributed by atoms with Gasteiger partial charge in [0.25, 0.3) is 0 Å². The Bertz CT molecular complexity index is 494. The van der Waals surface area contributed by atoms with Crippen molar-refractivity contribution in [2.24, 2.45) is 40.4 Å². The van der Waals surface area contributed by atoms with E-state index in [2.05, 4.69) is 20.8 Å². The van der Waals surface area contributed by atoms with Crippen LogP contribution in [0.25, 0.3) is 0 Å². The van der Waals surface area contributed by atoms with E-state index < -0.39 is 0 Å². The van der Waals surface area contributed by atoms with Crippen molar-refractivity contribution < 1.29 is 14.3 Å². The molecular formula is C16H22O3. The van der Waals surface area contributed by atoms with E-state index in [1.807, 2.05) is 0 Å². The summed E-state index contributed by atoms with van der Waals surface area (Å²) in [6, 6.07) is 0. The van der Waals surface area contributed by atoms with Crippen LogP contribution in [0, 0.1) is 40.4 Å². The first-order valence-corrected chi connectivity index (χ1v) is 7.47. The Labute approximate surface area is 114 Å². The van der Waals surface area contributed by atoms with E-state index >= 15 is 0 Å². The largest absolute Gasteiger partial charge is 0.462 e. The second kappa shape index (κ2) is 3.07. The fourth-order valence-corrected chi connectivity index (χ4v) is 6.27. The average Bonchev–Trinajstić information content (AvgIpc) is 2.82. The number of carbonyl (C=O) groups excluding carboxylic acids is 2. The number of ether oxygens (including phenoxy) is 1. The van der Waals surface area contributed by atoms with E-state index in [4.69, 9.17) is 4.74 Å². The molecule has 2 unspecified atom stereocenters. The molecule has 4 saturated carbocycles. The molecule has 0 N–H and O–H groups in total. The number of esters is 1. The van der Waals surface area contributed by atoms with Gasteiger partial charge >= 0.3 is 5.97 Å². The lowest BCUT2D eigenvalue weighted by molar-refractivity contribution is -0.156. The Kier molecular flexibility index (Phi) is 1.93. The van der Waals surface area contributed by atoms with Crippen molar-refractivity contribution in [2.45, 2.75) is 46.6 Å². The molecule has 104 valence electrons. The summed E-state index contributed by atoms with van der Waals surface area (Å²) < 4.78 is 5.71. The number of carbonyl (C=O) groups is 2. The first-order chi connectivity index (χ1) is 8.77. The first kappa shape index (κ1) is 11.9. The maximum absolute atomic E-state index is 12.1. The molecule has 0 bridgehead atoms. The first-order valence-electron chi connectivity index (χ1n) is 7.47. The van der Waals surface area contributed by atoms with Gasteiger partial charge in [-0.05, 0) is 29.6 Å². The van der Waals surface area contributed by atoms with Crippen molar-refractivity contribution in [1.82, 2.24) is 0 Å². The van der Waals surface area contributed by atoms with Gasteiger partial charge < -0.3 is 4.74 Å². The number of rotatable bonds is 1. The lowest BCUT2D eigenvalue weighted by Crippen LogP contribution is -2.40. The molecule has 0 saturated heterocycles. The highest BCUT2D eigenvalue weighted by Gasteiger charge is 2.81. The van der Waals surface area contributed by atoms with E-state index in [9.17, 15) is 9.59 Å². The maximum Gasteiger partial charge on any atom is 0.302 e. The van der Waals surface area contributed by atoms with Gasteiger partial charge in [0.2, 0.25) is 0 Å². The fourth-order valence-electron chi connectivity index (χ4n) is 6.27. The predicted octanol–water partition coefficient (Wildman–Crippen LogP) is 2.44. The van der Waals surface area contributed by atoms with Crippen LogP contribution in [-0.2, 0) is 14.3 Å². The number of ketones is 1. The summed E-state index contributed by atoms with van der Waals surface area (Å²) in [7, 11) is 0. The second-order valence-corrected chi connectivity index (χ2v) is 8.19. The molecule has 0 aromatic carbocycles. The molecule has 0 spiro atoms. The molecule has 4 aliphatic carbocycles. The van der Waals surface area contributed by atoms with Crippen LogP contribution < -0.4 is 0 Å². The Hall–Kier alpha value is -0.860. The molecule has 19 heavy (non-hydrogen) atoms. The normalized spacial score (nSPS) is 55.9. The Balaban J connectivity index is 1.74. The molecule has 0 heterocycles. The molecule has 0 aromatic heterocycles.